The van der Waals surface area contributed by atoms with Gasteiger partial charge in [-0.2, -0.15) is 5.26 Å². The number of ether oxygens (including phenoxy) is 1. The number of hydrogen-bond donors (Lipinski definition) is 0. The lowest BCUT2D eigenvalue weighted by molar-refractivity contribution is -0.387. The Kier molecular flexibility index (Phi) is 5.67. The average molecular weight is 266 g/mol. The van der Waals surface area contributed by atoms with Crippen LogP contribution in [0, 0.1) is 21.4 Å². The lowest BCUT2D eigenvalue weighted by atomic mass is 10.3. The van der Waals surface area contributed by atoms with Gasteiger partial charge in [0.05, 0.1) is 28.1 Å². The van der Waals surface area contributed by atoms with Crippen molar-refractivity contribution in [2.75, 3.05) is 12.4 Å². The number of rotatable bonds is 6. The van der Waals surface area contributed by atoms with Crippen molar-refractivity contribution in [1.29, 1.82) is 5.26 Å². The lowest BCUT2D eigenvalue weighted by Crippen LogP contribution is -2.08. The Morgan fingerprint density at radius 2 is 2.22 bits per heavy atom. The number of esters is 1. The molecular weight excluding hydrogens is 256 g/mol. The number of carbonyl (C=O) groups is 1. The molecule has 7 heteroatoms. The molecule has 1 aromatic carbocycles. The molecule has 1 rings (SSSR count). The van der Waals surface area contributed by atoms with Crippen LogP contribution in [0.3, 0.4) is 0 Å². The number of nitriles is 1. The summed E-state index contributed by atoms with van der Waals surface area (Å²) in [6, 6.07) is 8.03. The number of benzene rings is 1. The van der Waals surface area contributed by atoms with Crippen LogP contribution in [-0.2, 0) is 9.53 Å². The predicted octanol–water partition coefficient (Wildman–Crippen LogP) is 2.14. The standard InChI is InChI=1S/C11H10N2O4S/c12-6-3-7-17-11(14)8-18-10-5-2-1-4-9(10)13(15)16/h1-2,4-5H,3,7-8H2. The zero-order chi connectivity index (χ0) is 13.4. The number of thioether (sulfide) groups is 1. The van der Waals surface area contributed by atoms with Gasteiger partial charge in [0.2, 0.25) is 0 Å². The molecule has 0 saturated carbocycles. The summed E-state index contributed by atoms with van der Waals surface area (Å²) >= 11 is 1.04. The number of nitrogens with zero attached hydrogens (tertiary/aromatic N) is 2. The van der Waals surface area contributed by atoms with Crippen LogP contribution >= 0.6 is 11.8 Å². The molecule has 0 heterocycles. The van der Waals surface area contributed by atoms with Gasteiger partial charge < -0.3 is 4.74 Å². The molecule has 0 bridgehead atoms. The summed E-state index contributed by atoms with van der Waals surface area (Å²) in [4.78, 5) is 21.9. The van der Waals surface area contributed by atoms with Gasteiger partial charge in [0.25, 0.3) is 5.69 Å². The van der Waals surface area contributed by atoms with Gasteiger partial charge in [0.15, 0.2) is 0 Å². The van der Waals surface area contributed by atoms with Crippen LogP contribution in [0.25, 0.3) is 0 Å². The van der Waals surface area contributed by atoms with E-state index in [4.69, 9.17) is 10.00 Å². The predicted molar refractivity (Wildman–Crippen MR) is 65.0 cm³/mol. The number of carbonyl (C=O) groups excluding carboxylic acids is 1. The Morgan fingerprint density at radius 3 is 2.89 bits per heavy atom. The van der Waals surface area contributed by atoms with E-state index in [0.717, 1.165) is 11.8 Å². The fourth-order valence-electron chi connectivity index (χ4n) is 1.12. The molecule has 94 valence electrons. The molecule has 0 atom stereocenters. The smallest absolute Gasteiger partial charge is 0.316 e. The number of hydrogen-bond acceptors (Lipinski definition) is 6. The molecule has 0 aliphatic heterocycles. The van der Waals surface area contributed by atoms with E-state index in [9.17, 15) is 14.9 Å². The van der Waals surface area contributed by atoms with E-state index >= 15 is 0 Å². The first kappa shape index (κ1) is 14.0. The van der Waals surface area contributed by atoms with Crippen LogP contribution in [-0.4, -0.2) is 23.3 Å². The second kappa shape index (κ2) is 7.29. The molecule has 1 aromatic rings. The number of nitro groups is 1. The van der Waals surface area contributed by atoms with Crippen molar-refractivity contribution in [2.45, 2.75) is 11.3 Å². The molecule has 0 radical (unpaired) electrons. The van der Waals surface area contributed by atoms with Gasteiger partial charge in [-0.05, 0) is 6.07 Å². The van der Waals surface area contributed by atoms with Gasteiger partial charge in [-0.25, -0.2) is 0 Å². The number of para-hydroxylation sites is 1. The molecule has 0 N–H and O–H groups in total. The topological polar surface area (TPSA) is 93.2 Å². The third-order valence-corrected chi connectivity index (χ3v) is 2.92. The third-order valence-electron chi connectivity index (χ3n) is 1.88. The van der Waals surface area contributed by atoms with Crippen molar-refractivity contribution in [1.82, 2.24) is 0 Å². The minimum atomic E-state index is -0.497. The zero-order valence-electron chi connectivity index (χ0n) is 9.37. The maximum atomic E-state index is 11.3. The second-order valence-corrected chi connectivity index (χ2v) is 4.16. The highest BCUT2D eigenvalue weighted by molar-refractivity contribution is 8.00. The van der Waals surface area contributed by atoms with Gasteiger partial charge in [-0.1, -0.05) is 12.1 Å². The van der Waals surface area contributed by atoms with E-state index in [1.54, 1.807) is 18.2 Å². The summed E-state index contributed by atoms with van der Waals surface area (Å²) < 4.78 is 4.75. The monoisotopic (exact) mass is 266 g/mol. The molecular formula is C11H10N2O4S. The molecule has 0 aromatic heterocycles. The molecule has 0 saturated heterocycles. The second-order valence-electron chi connectivity index (χ2n) is 3.14. The quantitative estimate of drug-likeness (QED) is 0.257. The van der Waals surface area contributed by atoms with Crippen LogP contribution in [0.15, 0.2) is 29.2 Å². The van der Waals surface area contributed by atoms with E-state index in [2.05, 4.69) is 0 Å². The average Bonchev–Trinajstić information content (AvgIpc) is 2.37. The van der Waals surface area contributed by atoms with Crippen LogP contribution in [0.5, 0.6) is 0 Å². The highest BCUT2D eigenvalue weighted by Crippen LogP contribution is 2.28. The van der Waals surface area contributed by atoms with E-state index in [1.165, 1.54) is 6.07 Å². The maximum absolute atomic E-state index is 11.3. The summed E-state index contributed by atoms with van der Waals surface area (Å²) in [6.07, 6.45) is 0.141. The SMILES string of the molecule is N#CCCOC(=O)CSc1ccccc1[N+](=O)[O-]. The molecule has 0 aliphatic carbocycles. The van der Waals surface area contributed by atoms with Crippen LogP contribution in [0.2, 0.25) is 0 Å². The van der Waals surface area contributed by atoms with Gasteiger partial charge in [-0.15, -0.1) is 11.8 Å². The Hall–Kier alpha value is -2.07. The summed E-state index contributed by atoms with van der Waals surface area (Å²) in [5.41, 5.74) is -0.0349. The largest absolute Gasteiger partial charge is 0.464 e. The van der Waals surface area contributed by atoms with Crippen molar-refractivity contribution in [3.63, 3.8) is 0 Å². The van der Waals surface area contributed by atoms with Crippen molar-refractivity contribution in [3.05, 3.63) is 34.4 Å². The molecule has 0 fully saturated rings. The Bertz CT molecular complexity index is 484. The minimum Gasteiger partial charge on any atom is -0.464 e. The zero-order valence-corrected chi connectivity index (χ0v) is 10.2. The molecule has 6 nitrogen and oxygen atoms in total. The van der Waals surface area contributed by atoms with Crippen LogP contribution in [0.1, 0.15) is 6.42 Å². The minimum absolute atomic E-state index is 0.0176. The normalized spacial score (nSPS) is 9.50. The van der Waals surface area contributed by atoms with Gasteiger partial charge >= 0.3 is 5.97 Å². The van der Waals surface area contributed by atoms with Gasteiger partial charge in [0, 0.05) is 6.07 Å². The number of nitro benzene ring substituents is 1. The maximum Gasteiger partial charge on any atom is 0.316 e. The van der Waals surface area contributed by atoms with Crippen molar-refractivity contribution in [3.8, 4) is 6.07 Å². The highest BCUT2D eigenvalue weighted by Gasteiger charge is 2.14. The lowest BCUT2D eigenvalue weighted by Gasteiger charge is -2.03. The molecule has 0 aliphatic rings. The van der Waals surface area contributed by atoms with Crippen LogP contribution < -0.4 is 0 Å². The molecule has 0 amide bonds. The molecule has 0 unspecified atom stereocenters. The highest BCUT2D eigenvalue weighted by atomic mass is 32.2. The van der Waals surface area contributed by atoms with E-state index in [0.29, 0.717) is 4.90 Å². The summed E-state index contributed by atoms with van der Waals surface area (Å²) in [5.74, 6) is -0.510. The molecule has 0 spiro atoms. The van der Waals surface area contributed by atoms with Crippen molar-refractivity contribution in [2.24, 2.45) is 0 Å². The van der Waals surface area contributed by atoms with Crippen molar-refractivity contribution >= 4 is 23.4 Å². The Balaban J connectivity index is 2.51. The fraction of sp³-hybridized carbons (Fsp3) is 0.273. The Morgan fingerprint density at radius 1 is 1.50 bits per heavy atom. The first-order valence-electron chi connectivity index (χ1n) is 5.04. The van der Waals surface area contributed by atoms with Crippen LogP contribution in [0.4, 0.5) is 5.69 Å². The third kappa shape index (κ3) is 4.43. The summed E-state index contributed by atoms with van der Waals surface area (Å²) in [5, 5.41) is 19.0. The Labute approximate surface area is 108 Å². The molecule has 18 heavy (non-hydrogen) atoms. The summed E-state index contributed by atoms with van der Waals surface area (Å²) in [7, 11) is 0. The fourth-order valence-corrected chi connectivity index (χ4v) is 1.94. The van der Waals surface area contributed by atoms with Gasteiger partial charge in [0.1, 0.15) is 6.61 Å². The summed E-state index contributed by atoms with van der Waals surface area (Å²) in [6.45, 7) is 0.0484. The van der Waals surface area contributed by atoms with E-state index < -0.39 is 10.9 Å². The van der Waals surface area contributed by atoms with Gasteiger partial charge in [-0.3, -0.25) is 14.9 Å². The van der Waals surface area contributed by atoms with E-state index in [-0.39, 0.29) is 24.5 Å². The first-order valence-corrected chi connectivity index (χ1v) is 6.02. The first-order chi connectivity index (χ1) is 8.65. The van der Waals surface area contributed by atoms with E-state index in [1.807, 2.05) is 6.07 Å². The van der Waals surface area contributed by atoms with Crippen molar-refractivity contribution < 1.29 is 14.5 Å².